The number of benzene rings is 1. The first kappa shape index (κ1) is 14.1. The summed E-state index contributed by atoms with van der Waals surface area (Å²) < 4.78 is 0.935. The maximum atomic E-state index is 6.18. The summed E-state index contributed by atoms with van der Waals surface area (Å²) in [4.78, 5) is 1.33. The van der Waals surface area contributed by atoms with Gasteiger partial charge in [-0.3, -0.25) is 0 Å². The molecule has 1 aromatic carbocycles. The van der Waals surface area contributed by atoms with Gasteiger partial charge in [0.2, 0.25) is 0 Å². The summed E-state index contributed by atoms with van der Waals surface area (Å²) in [6, 6.07) is 8.57. The molecule has 0 aliphatic heterocycles. The first-order valence-electron chi connectivity index (χ1n) is 5.85. The van der Waals surface area contributed by atoms with Gasteiger partial charge in [0, 0.05) is 9.35 Å². The number of thiophene rings is 1. The van der Waals surface area contributed by atoms with Crippen LogP contribution in [0.3, 0.4) is 0 Å². The normalized spacial score (nSPS) is 12.7. The van der Waals surface area contributed by atoms with E-state index in [2.05, 4.69) is 52.6 Å². The molecule has 1 heterocycles. The summed E-state index contributed by atoms with van der Waals surface area (Å²) in [5.74, 6) is 0. The van der Waals surface area contributed by atoms with E-state index in [-0.39, 0.29) is 6.04 Å². The highest BCUT2D eigenvalue weighted by atomic mass is 79.9. The van der Waals surface area contributed by atoms with E-state index in [1.807, 2.05) is 12.1 Å². The summed E-state index contributed by atoms with van der Waals surface area (Å²) in [7, 11) is 0. The van der Waals surface area contributed by atoms with Crippen LogP contribution in [0.15, 0.2) is 34.1 Å². The van der Waals surface area contributed by atoms with Crippen LogP contribution in [-0.4, -0.2) is 6.54 Å². The van der Waals surface area contributed by atoms with E-state index in [0.717, 1.165) is 16.0 Å². The van der Waals surface area contributed by atoms with Gasteiger partial charge in [0.25, 0.3) is 0 Å². The number of halogens is 2. The maximum absolute atomic E-state index is 6.18. The lowest BCUT2D eigenvalue weighted by atomic mass is 10.0. The zero-order chi connectivity index (χ0) is 13.1. The van der Waals surface area contributed by atoms with Gasteiger partial charge in [-0.25, -0.2) is 0 Å². The van der Waals surface area contributed by atoms with E-state index >= 15 is 0 Å². The molecule has 0 fully saturated rings. The van der Waals surface area contributed by atoms with Crippen LogP contribution in [0.1, 0.15) is 29.0 Å². The molecule has 1 nitrogen and oxygen atoms in total. The third-order valence-electron chi connectivity index (χ3n) is 2.77. The number of hydrogen-bond acceptors (Lipinski definition) is 2. The van der Waals surface area contributed by atoms with Gasteiger partial charge in [0.05, 0.1) is 11.1 Å². The van der Waals surface area contributed by atoms with Crippen molar-refractivity contribution in [3.63, 3.8) is 0 Å². The predicted octanol–water partition coefficient (Wildman–Crippen LogP) is 5.17. The van der Waals surface area contributed by atoms with Crippen molar-refractivity contribution in [3.8, 4) is 0 Å². The Morgan fingerprint density at radius 1 is 1.33 bits per heavy atom. The van der Waals surface area contributed by atoms with Crippen molar-refractivity contribution < 1.29 is 0 Å². The third kappa shape index (κ3) is 3.15. The molecule has 1 N–H and O–H groups in total. The molecule has 1 unspecified atom stereocenters. The molecule has 2 rings (SSSR count). The van der Waals surface area contributed by atoms with Crippen LogP contribution >= 0.6 is 38.9 Å². The van der Waals surface area contributed by atoms with Gasteiger partial charge in [-0.15, -0.1) is 11.3 Å². The average molecular weight is 345 g/mol. The Labute approximate surface area is 125 Å². The molecular formula is C14H15BrClNS. The molecule has 1 aromatic heterocycles. The molecule has 1 atom stereocenters. The molecule has 0 saturated carbocycles. The van der Waals surface area contributed by atoms with Gasteiger partial charge in [0.1, 0.15) is 0 Å². The molecule has 0 saturated heterocycles. The molecule has 0 spiro atoms. The molecular weight excluding hydrogens is 330 g/mol. The zero-order valence-electron chi connectivity index (χ0n) is 10.3. The molecule has 96 valence electrons. The van der Waals surface area contributed by atoms with Crippen molar-refractivity contribution in [2.24, 2.45) is 0 Å². The Morgan fingerprint density at radius 3 is 2.67 bits per heavy atom. The Hall–Kier alpha value is -0.350. The summed E-state index contributed by atoms with van der Waals surface area (Å²) in [5.41, 5.74) is 2.50. The van der Waals surface area contributed by atoms with E-state index in [1.54, 1.807) is 11.3 Å². The quantitative estimate of drug-likeness (QED) is 0.806. The van der Waals surface area contributed by atoms with Gasteiger partial charge in [-0.05, 0) is 64.1 Å². The summed E-state index contributed by atoms with van der Waals surface area (Å²) in [6.45, 7) is 5.17. The van der Waals surface area contributed by atoms with Crippen molar-refractivity contribution >= 4 is 38.9 Å². The van der Waals surface area contributed by atoms with Gasteiger partial charge >= 0.3 is 0 Å². The van der Waals surface area contributed by atoms with Crippen molar-refractivity contribution in [1.82, 2.24) is 5.32 Å². The molecule has 0 radical (unpaired) electrons. The first-order valence-corrected chi connectivity index (χ1v) is 7.90. The van der Waals surface area contributed by atoms with Gasteiger partial charge in [0.15, 0.2) is 0 Å². The second kappa shape index (κ2) is 6.20. The van der Waals surface area contributed by atoms with Crippen molar-refractivity contribution in [1.29, 1.82) is 0 Å². The first-order chi connectivity index (χ1) is 8.61. The fourth-order valence-corrected chi connectivity index (χ4v) is 3.11. The number of rotatable bonds is 4. The number of hydrogen-bond donors (Lipinski definition) is 1. The van der Waals surface area contributed by atoms with Gasteiger partial charge < -0.3 is 5.32 Å². The largest absolute Gasteiger partial charge is 0.307 e. The molecule has 4 heteroatoms. The predicted molar refractivity (Wildman–Crippen MR) is 83.7 cm³/mol. The molecule has 0 aliphatic carbocycles. The Balaban J connectivity index is 2.37. The average Bonchev–Trinajstić information content (AvgIpc) is 2.76. The summed E-state index contributed by atoms with van der Waals surface area (Å²) in [6.07, 6.45) is 0. The Morgan fingerprint density at radius 2 is 2.11 bits per heavy atom. The summed E-state index contributed by atoms with van der Waals surface area (Å²) in [5, 5.41) is 6.47. The molecule has 0 bridgehead atoms. The van der Waals surface area contributed by atoms with Crippen LogP contribution in [0.2, 0.25) is 5.02 Å². The SMILES string of the molecule is CCNC(c1csc(C)c1)c1ccc(Br)c(Cl)c1. The van der Waals surface area contributed by atoms with Gasteiger partial charge in [-0.1, -0.05) is 24.6 Å². The standard InChI is InChI=1S/C14H15BrClNS/c1-3-17-14(11-6-9(2)18-8-11)10-4-5-12(15)13(16)7-10/h4-8,14,17H,3H2,1-2H3. The lowest BCUT2D eigenvalue weighted by Crippen LogP contribution is -2.21. The minimum absolute atomic E-state index is 0.213. The minimum Gasteiger partial charge on any atom is -0.307 e. The van der Waals surface area contributed by atoms with Crippen LogP contribution < -0.4 is 5.32 Å². The Kier molecular flexibility index (Phi) is 4.84. The van der Waals surface area contributed by atoms with E-state index < -0.39 is 0 Å². The molecule has 0 aliphatic rings. The van der Waals surface area contributed by atoms with Crippen molar-refractivity contribution in [2.75, 3.05) is 6.54 Å². The van der Waals surface area contributed by atoms with Crippen LogP contribution in [-0.2, 0) is 0 Å². The highest BCUT2D eigenvalue weighted by Gasteiger charge is 2.15. The molecule has 18 heavy (non-hydrogen) atoms. The van der Waals surface area contributed by atoms with Crippen LogP contribution in [0, 0.1) is 6.92 Å². The molecule has 0 amide bonds. The highest BCUT2D eigenvalue weighted by molar-refractivity contribution is 9.10. The van der Waals surface area contributed by atoms with Crippen LogP contribution in [0.25, 0.3) is 0 Å². The Bertz CT molecular complexity index is 538. The van der Waals surface area contributed by atoms with Crippen molar-refractivity contribution in [3.05, 3.63) is 55.1 Å². The van der Waals surface area contributed by atoms with E-state index in [1.165, 1.54) is 16.0 Å². The maximum Gasteiger partial charge on any atom is 0.0585 e. The smallest absolute Gasteiger partial charge is 0.0585 e. The number of aryl methyl sites for hydroxylation is 1. The fraction of sp³-hybridized carbons (Fsp3) is 0.286. The van der Waals surface area contributed by atoms with E-state index in [9.17, 15) is 0 Å². The topological polar surface area (TPSA) is 12.0 Å². The number of nitrogens with one attached hydrogen (secondary N) is 1. The lowest BCUT2D eigenvalue weighted by molar-refractivity contribution is 0.632. The lowest BCUT2D eigenvalue weighted by Gasteiger charge is -2.18. The zero-order valence-corrected chi connectivity index (χ0v) is 13.5. The third-order valence-corrected chi connectivity index (χ3v) is 4.88. The molecule has 2 aromatic rings. The van der Waals surface area contributed by atoms with Gasteiger partial charge in [-0.2, -0.15) is 0 Å². The van der Waals surface area contributed by atoms with Crippen LogP contribution in [0.5, 0.6) is 0 Å². The second-order valence-electron chi connectivity index (χ2n) is 4.15. The monoisotopic (exact) mass is 343 g/mol. The van der Waals surface area contributed by atoms with E-state index in [4.69, 9.17) is 11.6 Å². The summed E-state index contributed by atoms with van der Waals surface area (Å²) >= 11 is 11.4. The minimum atomic E-state index is 0.213. The highest BCUT2D eigenvalue weighted by Crippen LogP contribution is 2.30. The second-order valence-corrected chi connectivity index (χ2v) is 6.53. The fourth-order valence-electron chi connectivity index (χ4n) is 1.94. The van der Waals surface area contributed by atoms with Crippen molar-refractivity contribution in [2.45, 2.75) is 19.9 Å². The van der Waals surface area contributed by atoms with Crippen LogP contribution in [0.4, 0.5) is 0 Å². The van der Waals surface area contributed by atoms with E-state index in [0.29, 0.717) is 0 Å².